The number of aliphatic hydroxyl groups is 1. The van der Waals surface area contributed by atoms with Crippen molar-refractivity contribution in [1.82, 2.24) is 0 Å². The summed E-state index contributed by atoms with van der Waals surface area (Å²) < 4.78 is 19.1. The van der Waals surface area contributed by atoms with Crippen LogP contribution in [-0.4, -0.2) is 5.11 Å². The number of hydrogen-bond acceptors (Lipinski definition) is 2. The summed E-state index contributed by atoms with van der Waals surface area (Å²) in [5.74, 6) is 0.498. The van der Waals surface area contributed by atoms with Crippen LogP contribution in [0, 0.1) is 5.82 Å². The maximum Gasteiger partial charge on any atom is 0.146 e. The minimum Gasteiger partial charge on any atom is -0.455 e. The zero-order valence-corrected chi connectivity index (χ0v) is 11.5. The molecule has 0 heterocycles. The zero-order valence-electron chi connectivity index (χ0n) is 9.16. The summed E-state index contributed by atoms with van der Waals surface area (Å²) in [5.41, 5.74) is 0.763. The van der Waals surface area contributed by atoms with E-state index in [2.05, 4.69) is 15.9 Å². The minimum absolute atomic E-state index is 0.0455. The summed E-state index contributed by atoms with van der Waals surface area (Å²) in [6.45, 7) is -0.0455. The van der Waals surface area contributed by atoms with Crippen molar-refractivity contribution in [3.63, 3.8) is 0 Å². The highest BCUT2D eigenvalue weighted by molar-refractivity contribution is 9.10. The van der Waals surface area contributed by atoms with E-state index in [9.17, 15) is 4.39 Å². The van der Waals surface area contributed by atoms with Gasteiger partial charge in [0.1, 0.15) is 17.3 Å². The van der Waals surface area contributed by atoms with Gasteiger partial charge in [0, 0.05) is 0 Å². The molecule has 2 aromatic rings. The molecule has 0 bridgehead atoms. The van der Waals surface area contributed by atoms with Gasteiger partial charge in [-0.1, -0.05) is 17.7 Å². The number of ether oxygens (including phenoxy) is 1. The Morgan fingerprint density at radius 3 is 2.50 bits per heavy atom. The summed E-state index contributed by atoms with van der Waals surface area (Å²) in [6.07, 6.45) is 0. The van der Waals surface area contributed by atoms with Crippen LogP contribution in [-0.2, 0) is 6.61 Å². The number of benzene rings is 2. The Morgan fingerprint density at radius 1 is 1.17 bits per heavy atom. The van der Waals surface area contributed by atoms with Gasteiger partial charge in [-0.05, 0) is 51.8 Å². The van der Waals surface area contributed by atoms with Gasteiger partial charge in [-0.25, -0.2) is 4.39 Å². The van der Waals surface area contributed by atoms with Crippen molar-refractivity contribution in [2.75, 3.05) is 0 Å². The topological polar surface area (TPSA) is 29.5 Å². The van der Waals surface area contributed by atoms with E-state index in [-0.39, 0.29) is 11.6 Å². The lowest BCUT2D eigenvalue weighted by Gasteiger charge is -2.10. The van der Waals surface area contributed by atoms with Gasteiger partial charge in [0.2, 0.25) is 0 Å². The van der Waals surface area contributed by atoms with Crippen LogP contribution in [0.25, 0.3) is 0 Å². The minimum atomic E-state index is -0.415. The highest BCUT2D eigenvalue weighted by Crippen LogP contribution is 2.34. The molecule has 0 radical (unpaired) electrons. The molecule has 0 aliphatic heterocycles. The van der Waals surface area contributed by atoms with E-state index < -0.39 is 5.82 Å². The second kappa shape index (κ2) is 5.69. The van der Waals surface area contributed by atoms with E-state index in [1.54, 1.807) is 18.2 Å². The fraction of sp³-hybridized carbons (Fsp3) is 0.0769. The van der Waals surface area contributed by atoms with Crippen molar-refractivity contribution in [2.24, 2.45) is 0 Å². The molecule has 0 atom stereocenters. The van der Waals surface area contributed by atoms with Crippen molar-refractivity contribution < 1.29 is 14.2 Å². The first kappa shape index (κ1) is 13.3. The quantitative estimate of drug-likeness (QED) is 0.895. The molecular formula is C13H9BrClFO2. The average molecular weight is 332 g/mol. The third-order valence-electron chi connectivity index (χ3n) is 2.29. The first-order valence-electron chi connectivity index (χ1n) is 5.12. The predicted molar refractivity (Wildman–Crippen MR) is 71.5 cm³/mol. The molecule has 0 fully saturated rings. The van der Waals surface area contributed by atoms with Gasteiger partial charge < -0.3 is 9.84 Å². The van der Waals surface area contributed by atoms with Gasteiger partial charge in [-0.2, -0.15) is 0 Å². The first-order valence-corrected chi connectivity index (χ1v) is 6.29. The van der Waals surface area contributed by atoms with Crippen molar-refractivity contribution in [2.45, 2.75) is 6.61 Å². The van der Waals surface area contributed by atoms with Crippen LogP contribution in [0.2, 0.25) is 5.02 Å². The molecule has 0 aliphatic rings. The molecule has 0 spiro atoms. The molecule has 1 N–H and O–H groups in total. The van der Waals surface area contributed by atoms with Gasteiger partial charge in [0.25, 0.3) is 0 Å². The molecule has 18 heavy (non-hydrogen) atoms. The number of hydrogen-bond donors (Lipinski definition) is 1. The molecule has 2 aromatic carbocycles. The standard InChI is InChI=1S/C13H9BrClFO2/c14-10-5-8(7-17)1-3-12(10)18-13-4-2-9(16)6-11(13)15/h1-6,17H,7H2. The summed E-state index contributed by atoms with van der Waals surface area (Å²) in [4.78, 5) is 0. The largest absolute Gasteiger partial charge is 0.455 e. The van der Waals surface area contributed by atoms with E-state index in [0.29, 0.717) is 16.0 Å². The zero-order chi connectivity index (χ0) is 13.1. The van der Waals surface area contributed by atoms with Crippen LogP contribution < -0.4 is 4.74 Å². The first-order chi connectivity index (χ1) is 8.60. The molecule has 2 nitrogen and oxygen atoms in total. The SMILES string of the molecule is OCc1ccc(Oc2ccc(F)cc2Cl)c(Br)c1. The normalized spacial score (nSPS) is 10.4. The van der Waals surface area contributed by atoms with Gasteiger partial charge in [-0.15, -0.1) is 0 Å². The lowest BCUT2D eigenvalue weighted by molar-refractivity contribution is 0.281. The average Bonchev–Trinajstić information content (AvgIpc) is 2.34. The third-order valence-corrected chi connectivity index (χ3v) is 3.21. The van der Waals surface area contributed by atoms with Crippen LogP contribution in [0.15, 0.2) is 40.9 Å². The molecule has 0 unspecified atom stereocenters. The monoisotopic (exact) mass is 330 g/mol. The maximum atomic E-state index is 12.9. The summed E-state index contributed by atoms with van der Waals surface area (Å²) in [7, 11) is 0. The molecule has 94 valence electrons. The van der Waals surface area contributed by atoms with Crippen LogP contribution in [0.1, 0.15) is 5.56 Å². The molecule has 2 rings (SSSR count). The van der Waals surface area contributed by atoms with Crippen molar-refractivity contribution in [3.05, 3.63) is 57.3 Å². The molecular weight excluding hydrogens is 322 g/mol. The molecule has 0 aromatic heterocycles. The third kappa shape index (κ3) is 3.02. The Labute approximate surface area is 117 Å². The Hall–Kier alpha value is -1.10. The van der Waals surface area contributed by atoms with E-state index in [1.165, 1.54) is 18.2 Å². The fourth-order valence-corrected chi connectivity index (χ4v) is 2.11. The number of halogens is 3. The Bertz CT molecular complexity index is 575. The Morgan fingerprint density at radius 2 is 1.89 bits per heavy atom. The Balaban J connectivity index is 2.28. The second-order valence-electron chi connectivity index (χ2n) is 3.60. The highest BCUT2D eigenvalue weighted by atomic mass is 79.9. The van der Waals surface area contributed by atoms with Gasteiger partial charge in [0.05, 0.1) is 16.1 Å². The summed E-state index contributed by atoms with van der Waals surface area (Å²) >= 11 is 9.20. The van der Waals surface area contributed by atoms with Crippen molar-refractivity contribution in [3.8, 4) is 11.5 Å². The maximum absolute atomic E-state index is 12.9. The smallest absolute Gasteiger partial charge is 0.146 e. The van der Waals surface area contributed by atoms with E-state index in [1.807, 2.05) is 0 Å². The van der Waals surface area contributed by atoms with E-state index in [0.717, 1.165) is 5.56 Å². The lowest BCUT2D eigenvalue weighted by Crippen LogP contribution is -1.89. The van der Waals surface area contributed by atoms with Crippen LogP contribution in [0.5, 0.6) is 11.5 Å². The van der Waals surface area contributed by atoms with Crippen molar-refractivity contribution >= 4 is 27.5 Å². The molecule has 5 heteroatoms. The van der Waals surface area contributed by atoms with E-state index in [4.69, 9.17) is 21.4 Å². The van der Waals surface area contributed by atoms with Crippen LogP contribution in [0.3, 0.4) is 0 Å². The van der Waals surface area contributed by atoms with Gasteiger partial charge in [0.15, 0.2) is 0 Å². The second-order valence-corrected chi connectivity index (χ2v) is 4.86. The van der Waals surface area contributed by atoms with Crippen LogP contribution in [0.4, 0.5) is 4.39 Å². The molecule has 0 amide bonds. The lowest BCUT2D eigenvalue weighted by atomic mass is 10.2. The van der Waals surface area contributed by atoms with Crippen molar-refractivity contribution in [1.29, 1.82) is 0 Å². The van der Waals surface area contributed by atoms with Crippen LogP contribution >= 0.6 is 27.5 Å². The Kier molecular flexibility index (Phi) is 4.22. The van der Waals surface area contributed by atoms with Gasteiger partial charge >= 0.3 is 0 Å². The molecule has 0 saturated heterocycles. The number of rotatable bonds is 3. The summed E-state index contributed by atoms with van der Waals surface area (Å²) in [5, 5.41) is 9.19. The fourth-order valence-electron chi connectivity index (χ4n) is 1.40. The van der Waals surface area contributed by atoms with Gasteiger partial charge in [-0.3, -0.25) is 0 Å². The van der Waals surface area contributed by atoms with E-state index >= 15 is 0 Å². The number of aliphatic hydroxyl groups excluding tert-OH is 1. The molecule has 0 saturated carbocycles. The molecule has 0 aliphatic carbocycles. The highest BCUT2D eigenvalue weighted by Gasteiger charge is 2.08. The predicted octanol–water partition coefficient (Wildman–Crippen LogP) is 4.53. The summed E-state index contributed by atoms with van der Waals surface area (Å²) in [6, 6.07) is 9.10.